The Morgan fingerprint density at radius 3 is 1.95 bits per heavy atom. The standard InChI is InChI=1S/C20H15ClS/c21-18-11-13-19(14-12-18)22-20(17-9-5-2-6-10-17)15-16-7-3-1-4-8-16/h1-15H/b20-15+. The highest BCUT2D eigenvalue weighted by Gasteiger charge is 2.04. The molecule has 0 aromatic heterocycles. The van der Waals surface area contributed by atoms with Crippen LogP contribution in [0.4, 0.5) is 0 Å². The van der Waals surface area contributed by atoms with E-state index in [1.54, 1.807) is 11.8 Å². The van der Waals surface area contributed by atoms with E-state index in [0.29, 0.717) is 0 Å². The minimum Gasteiger partial charge on any atom is -0.0894 e. The Morgan fingerprint density at radius 2 is 1.32 bits per heavy atom. The molecule has 0 aliphatic carbocycles. The normalized spacial score (nSPS) is 11.4. The first-order valence-electron chi connectivity index (χ1n) is 7.07. The van der Waals surface area contributed by atoms with Crippen molar-refractivity contribution in [3.8, 4) is 0 Å². The van der Waals surface area contributed by atoms with Gasteiger partial charge in [0, 0.05) is 14.8 Å². The van der Waals surface area contributed by atoms with Crippen molar-refractivity contribution >= 4 is 34.3 Å². The Bertz CT molecular complexity index is 747. The number of rotatable bonds is 4. The topological polar surface area (TPSA) is 0 Å². The molecule has 2 heteroatoms. The summed E-state index contributed by atoms with van der Waals surface area (Å²) in [7, 11) is 0. The van der Waals surface area contributed by atoms with Gasteiger partial charge in [0.15, 0.2) is 0 Å². The lowest BCUT2D eigenvalue weighted by atomic mass is 10.1. The van der Waals surface area contributed by atoms with Crippen molar-refractivity contribution in [1.29, 1.82) is 0 Å². The molecular formula is C20H15ClS. The molecule has 0 saturated carbocycles. The fraction of sp³-hybridized carbons (Fsp3) is 0. The Kier molecular flexibility index (Phi) is 4.99. The van der Waals surface area contributed by atoms with Crippen molar-refractivity contribution < 1.29 is 0 Å². The Balaban J connectivity index is 1.96. The molecule has 0 unspecified atom stereocenters. The highest BCUT2D eigenvalue weighted by atomic mass is 35.5. The van der Waals surface area contributed by atoms with Crippen LogP contribution in [-0.2, 0) is 0 Å². The lowest BCUT2D eigenvalue weighted by Crippen LogP contribution is -1.81. The monoisotopic (exact) mass is 322 g/mol. The van der Waals surface area contributed by atoms with Crippen molar-refractivity contribution in [1.82, 2.24) is 0 Å². The average Bonchev–Trinajstić information content (AvgIpc) is 2.58. The maximum absolute atomic E-state index is 5.97. The van der Waals surface area contributed by atoms with Crippen molar-refractivity contribution in [2.45, 2.75) is 4.90 Å². The minimum atomic E-state index is 0.762. The number of benzene rings is 3. The van der Waals surface area contributed by atoms with E-state index in [2.05, 4.69) is 66.7 Å². The maximum atomic E-state index is 5.97. The van der Waals surface area contributed by atoms with Gasteiger partial charge in [-0.15, -0.1) is 0 Å². The molecule has 0 saturated heterocycles. The van der Waals surface area contributed by atoms with Gasteiger partial charge in [0.05, 0.1) is 0 Å². The van der Waals surface area contributed by atoms with Crippen LogP contribution in [0.5, 0.6) is 0 Å². The molecule has 3 aromatic carbocycles. The number of thioether (sulfide) groups is 1. The van der Waals surface area contributed by atoms with E-state index in [1.165, 1.54) is 20.9 Å². The Labute approximate surface area is 140 Å². The molecule has 0 aliphatic heterocycles. The molecule has 0 nitrogen and oxygen atoms in total. The summed E-state index contributed by atoms with van der Waals surface area (Å²) in [5, 5.41) is 0.762. The fourth-order valence-electron chi connectivity index (χ4n) is 2.10. The average molecular weight is 323 g/mol. The van der Waals surface area contributed by atoms with Gasteiger partial charge in [-0.25, -0.2) is 0 Å². The highest BCUT2D eigenvalue weighted by Crippen LogP contribution is 2.36. The molecular weight excluding hydrogens is 308 g/mol. The van der Waals surface area contributed by atoms with Gasteiger partial charge >= 0.3 is 0 Å². The zero-order valence-corrected chi connectivity index (χ0v) is 13.5. The summed E-state index contributed by atoms with van der Waals surface area (Å²) in [6, 6.07) is 28.8. The van der Waals surface area contributed by atoms with Gasteiger partial charge in [-0.3, -0.25) is 0 Å². The fourth-order valence-corrected chi connectivity index (χ4v) is 3.21. The van der Waals surface area contributed by atoms with Gasteiger partial charge < -0.3 is 0 Å². The van der Waals surface area contributed by atoms with Crippen LogP contribution in [0.3, 0.4) is 0 Å². The summed E-state index contributed by atoms with van der Waals surface area (Å²) < 4.78 is 0. The lowest BCUT2D eigenvalue weighted by Gasteiger charge is -2.08. The van der Waals surface area contributed by atoms with Crippen molar-refractivity contribution in [2.24, 2.45) is 0 Å². The van der Waals surface area contributed by atoms with Crippen LogP contribution in [0.1, 0.15) is 11.1 Å². The number of halogens is 1. The second-order valence-electron chi connectivity index (χ2n) is 4.84. The first-order chi connectivity index (χ1) is 10.8. The van der Waals surface area contributed by atoms with Gasteiger partial charge in [-0.1, -0.05) is 84.0 Å². The molecule has 0 atom stereocenters. The molecule has 0 aliphatic rings. The van der Waals surface area contributed by atoms with Gasteiger partial charge in [-0.05, 0) is 41.5 Å². The second-order valence-corrected chi connectivity index (χ2v) is 6.39. The third-order valence-corrected chi connectivity index (χ3v) is 4.53. The predicted octanol–water partition coefficient (Wildman–Crippen LogP) is 6.63. The van der Waals surface area contributed by atoms with Gasteiger partial charge in [0.2, 0.25) is 0 Å². The van der Waals surface area contributed by atoms with E-state index in [0.717, 1.165) is 5.02 Å². The second kappa shape index (κ2) is 7.35. The Hall–Kier alpha value is -1.96. The SMILES string of the molecule is Clc1ccc(S/C(=C/c2ccccc2)c2ccccc2)cc1. The van der Waals surface area contributed by atoms with Crippen molar-refractivity contribution in [3.05, 3.63) is 101 Å². The van der Waals surface area contributed by atoms with E-state index in [4.69, 9.17) is 11.6 Å². The zero-order valence-electron chi connectivity index (χ0n) is 11.9. The highest BCUT2D eigenvalue weighted by molar-refractivity contribution is 8.08. The number of hydrogen-bond donors (Lipinski definition) is 0. The van der Waals surface area contributed by atoms with Crippen LogP contribution in [0.15, 0.2) is 89.8 Å². The minimum absolute atomic E-state index is 0.762. The van der Waals surface area contributed by atoms with Crippen LogP contribution < -0.4 is 0 Å². The molecule has 0 bridgehead atoms. The van der Waals surface area contributed by atoms with Crippen LogP contribution in [0, 0.1) is 0 Å². The third kappa shape index (κ3) is 4.03. The Morgan fingerprint density at radius 1 is 0.727 bits per heavy atom. The van der Waals surface area contributed by atoms with Crippen LogP contribution in [0.25, 0.3) is 11.0 Å². The molecule has 108 valence electrons. The molecule has 0 radical (unpaired) electrons. The van der Waals surface area contributed by atoms with E-state index in [-0.39, 0.29) is 0 Å². The van der Waals surface area contributed by atoms with Gasteiger partial charge in [0.1, 0.15) is 0 Å². The molecule has 0 fully saturated rings. The predicted molar refractivity (Wildman–Crippen MR) is 98.1 cm³/mol. The summed E-state index contributed by atoms with van der Waals surface area (Å²) >= 11 is 7.72. The van der Waals surface area contributed by atoms with Crippen LogP contribution >= 0.6 is 23.4 Å². The molecule has 0 spiro atoms. The largest absolute Gasteiger partial charge is 0.0894 e. The smallest absolute Gasteiger partial charge is 0.0406 e. The van der Waals surface area contributed by atoms with Crippen LogP contribution in [0.2, 0.25) is 5.02 Å². The van der Waals surface area contributed by atoms with Crippen LogP contribution in [-0.4, -0.2) is 0 Å². The van der Waals surface area contributed by atoms with Crippen molar-refractivity contribution in [3.63, 3.8) is 0 Å². The summed E-state index contributed by atoms with van der Waals surface area (Å²) in [4.78, 5) is 2.39. The van der Waals surface area contributed by atoms with E-state index in [9.17, 15) is 0 Å². The van der Waals surface area contributed by atoms with E-state index >= 15 is 0 Å². The first-order valence-corrected chi connectivity index (χ1v) is 8.26. The van der Waals surface area contributed by atoms with Gasteiger partial charge in [-0.2, -0.15) is 0 Å². The van der Waals surface area contributed by atoms with Gasteiger partial charge in [0.25, 0.3) is 0 Å². The summed E-state index contributed by atoms with van der Waals surface area (Å²) in [6.07, 6.45) is 2.22. The molecule has 0 heterocycles. The zero-order chi connectivity index (χ0) is 15.2. The summed E-state index contributed by atoms with van der Waals surface area (Å²) in [5.41, 5.74) is 2.41. The summed E-state index contributed by atoms with van der Waals surface area (Å²) in [6.45, 7) is 0. The first kappa shape index (κ1) is 15.0. The number of hydrogen-bond acceptors (Lipinski definition) is 1. The third-order valence-electron chi connectivity index (χ3n) is 3.20. The molecule has 22 heavy (non-hydrogen) atoms. The van der Waals surface area contributed by atoms with E-state index in [1.807, 2.05) is 24.3 Å². The molecule has 0 N–H and O–H groups in total. The van der Waals surface area contributed by atoms with E-state index < -0.39 is 0 Å². The van der Waals surface area contributed by atoms with Crippen molar-refractivity contribution in [2.75, 3.05) is 0 Å². The molecule has 3 rings (SSSR count). The summed E-state index contributed by atoms with van der Waals surface area (Å²) in [5.74, 6) is 0. The quantitative estimate of drug-likeness (QED) is 0.383. The maximum Gasteiger partial charge on any atom is 0.0406 e. The lowest BCUT2D eigenvalue weighted by molar-refractivity contribution is 1.47. The molecule has 0 amide bonds. The molecule has 3 aromatic rings.